The van der Waals surface area contributed by atoms with Crippen molar-refractivity contribution in [3.63, 3.8) is 0 Å². The summed E-state index contributed by atoms with van der Waals surface area (Å²) in [6.45, 7) is 8.78. The highest BCUT2D eigenvalue weighted by Gasteiger charge is 2.21. The summed E-state index contributed by atoms with van der Waals surface area (Å²) in [5.41, 5.74) is 3.48. The third-order valence-electron chi connectivity index (χ3n) is 5.38. The Kier molecular flexibility index (Phi) is 12.6. The molecule has 31 heavy (non-hydrogen) atoms. The van der Waals surface area contributed by atoms with Crippen molar-refractivity contribution in [1.82, 2.24) is 0 Å². The van der Waals surface area contributed by atoms with E-state index in [4.69, 9.17) is 9.47 Å². The highest BCUT2D eigenvalue weighted by Crippen LogP contribution is 2.33. The van der Waals surface area contributed by atoms with Crippen molar-refractivity contribution in [3.05, 3.63) is 28.8 Å². The number of amides is 1. The van der Waals surface area contributed by atoms with Gasteiger partial charge in [0.15, 0.2) is 0 Å². The van der Waals surface area contributed by atoms with Crippen LogP contribution in [0, 0.1) is 0 Å². The first kappa shape index (κ1) is 26.7. The minimum atomic E-state index is -0.380. The lowest BCUT2D eigenvalue weighted by Crippen LogP contribution is -2.17. The predicted octanol–water partition coefficient (Wildman–Crippen LogP) is 5.67. The van der Waals surface area contributed by atoms with Gasteiger partial charge in [-0.25, -0.2) is 0 Å². The lowest BCUT2D eigenvalue weighted by atomic mass is 9.88. The fourth-order valence-corrected chi connectivity index (χ4v) is 3.71. The number of esters is 2. The molecule has 0 aliphatic carbocycles. The number of benzene rings is 1. The van der Waals surface area contributed by atoms with Crippen molar-refractivity contribution in [1.29, 1.82) is 0 Å². The molecule has 1 amide bonds. The number of aryl methyl sites for hydroxylation is 1. The Hall–Kier alpha value is -2.37. The summed E-state index contributed by atoms with van der Waals surface area (Å²) < 4.78 is 10.6. The number of unbranched alkanes of at least 4 members (excludes halogenated alkanes) is 5. The molecule has 174 valence electrons. The van der Waals surface area contributed by atoms with E-state index in [9.17, 15) is 14.4 Å². The molecule has 6 nitrogen and oxygen atoms in total. The predicted molar refractivity (Wildman–Crippen MR) is 123 cm³/mol. The van der Waals surface area contributed by atoms with Gasteiger partial charge in [-0.1, -0.05) is 58.1 Å². The molecule has 0 aliphatic heterocycles. The van der Waals surface area contributed by atoms with Crippen molar-refractivity contribution >= 4 is 23.5 Å². The highest BCUT2D eigenvalue weighted by molar-refractivity contribution is 5.91. The van der Waals surface area contributed by atoms with Crippen LogP contribution in [-0.2, 0) is 36.9 Å². The van der Waals surface area contributed by atoms with Crippen LogP contribution in [0.25, 0.3) is 0 Å². The van der Waals surface area contributed by atoms with Crippen LogP contribution in [0.5, 0.6) is 0 Å². The SMILES string of the molecule is CCCCCCCCc1ccc(C(CC)COC(C)=O)c(COC(C)=O)c1NC(C)=O. The Morgan fingerprint density at radius 2 is 1.55 bits per heavy atom. The summed E-state index contributed by atoms with van der Waals surface area (Å²) in [5.74, 6) is -0.931. The van der Waals surface area contributed by atoms with E-state index in [1.54, 1.807) is 0 Å². The summed E-state index contributed by atoms with van der Waals surface area (Å²) in [5, 5.41) is 2.97. The Balaban J connectivity index is 3.22. The number of nitrogens with one attached hydrogen (secondary N) is 1. The first-order valence-electron chi connectivity index (χ1n) is 11.5. The zero-order chi connectivity index (χ0) is 23.2. The normalized spacial score (nSPS) is 11.6. The molecule has 0 aliphatic rings. The first-order valence-corrected chi connectivity index (χ1v) is 11.5. The van der Waals surface area contributed by atoms with Gasteiger partial charge in [-0.15, -0.1) is 0 Å². The molecule has 0 radical (unpaired) electrons. The smallest absolute Gasteiger partial charge is 0.302 e. The molecule has 0 spiro atoms. The fourth-order valence-electron chi connectivity index (χ4n) is 3.71. The topological polar surface area (TPSA) is 81.7 Å². The largest absolute Gasteiger partial charge is 0.465 e. The summed E-state index contributed by atoms with van der Waals surface area (Å²) in [6.07, 6.45) is 8.71. The lowest BCUT2D eigenvalue weighted by Gasteiger charge is -2.24. The van der Waals surface area contributed by atoms with Gasteiger partial charge in [0, 0.05) is 32.3 Å². The maximum absolute atomic E-state index is 12.0. The minimum absolute atomic E-state index is 0.0509. The summed E-state index contributed by atoms with van der Waals surface area (Å²) in [6, 6.07) is 4.06. The van der Waals surface area contributed by atoms with Gasteiger partial charge in [-0.2, -0.15) is 0 Å². The van der Waals surface area contributed by atoms with Crippen LogP contribution in [0.2, 0.25) is 0 Å². The van der Waals surface area contributed by atoms with Crippen LogP contribution in [-0.4, -0.2) is 24.5 Å². The number of hydrogen-bond donors (Lipinski definition) is 1. The Labute approximate surface area is 187 Å². The number of carbonyl (C=O) groups is 3. The van der Waals surface area contributed by atoms with E-state index in [2.05, 4.69) is 12.2 Å². The number of ether oxygens (including phenoxy) is 2. The molecule has 0 aromatic heterocycles. The second-order valence-electron chi connectivity index (χ2n) is 8.05. The molecular formula is C25H39NO5. The number of anilines is 1. The minimum Gasteiger partial charge on any atom is -0.465 e. The van der Waals surface area contributed by atoms with Gasteiger partial charge in [-0.05, 0) is 30.4 Å². The molecule has 1 aromatic carbocycles. The number of rotatable bonds is 14. The van der Waals surface area contributed by atoms with E-state index in [-0.39, 0.29) is 37.0 Å². The van der Waals surface area contributed by atoms with Crippen molar-refractivity contribution in [2.45, 2.75) is 98.5 Å². The first-order chi connectivity index (χ1) is 14.8. The summed E-state index contributed by atoms with van der Waals surface area (Å²) in [7, 11) is 0. The van der Waals surface area contributed by atoms with Crippen LogP contribution in [0.3, 0.4) is 0 Å². The molecule has 6 heteroatoms. The van der Waals surface area contributed by atoms with Gasteiger partial charge in [0.2, 0.25) is 5.91 Å². The van der Waals surface area contributed by atoms with E-state index in [1.165, 1.54) is 46.5 Å². The average molecular weight is 434 g/mol. The molecule has 0 fully saturated rings. The van der Waals surface area contributed by atoms with Crippen molar-refractivity contribution in [2.24, 2.45) is 0 Å². The van der Waals surface area contributed by atoms with E-state index in [0.717, 1.165) is 48.1 Å². The molecule has 0 bridgehead atoms. The van der Waals surface area contributed by atoms with Crippen LogP contribution >= 0.6 is 0 Å². The zero-order valence-corrected chi connectivity index (χ0v) is 19.8. The number of carbonyl (C=O) groups excluding carboxylic acids is 3. The van der Waals surface area contributed by atoms with Gasteiger partial charge in [0.25, 0.3) is 0 Å². The second kappa shape index (κ2) is 14.6. The van der Waals surface area contributed by atoms with Gasteiger partial charge in [-0.3, -0.25) is 14.4 Å². The fraction of sp³-hybridized carbons (Fsp3) is 0.640. The highest BCUT2D eigenvalue weighted by atomic mass is 16.5. The van der Waals surface area contributed by atoms with Gasteiger partial charge < -0.3 is 14.8 Å². The Bertz CT molecular complexity index is 729. The Morgan fingerprint density at radius 3 is 2.13 bits per heavy atom. The summed E-state index contributed by atoms with van der Waals surface area (Å²) in [4.78, 5) is 34.8. The quantitative estimate of drug-likeness (QED) is 0.302. The molecule has 1 rings (SSSR count). The molecule has 1 N–H and O–H groups in total. The van der Waals surface area contributed by atoms with Crippen LogP contribution in [0.1, 0.15) is 102 Å². The third-order valence-corrected chi connectivity index (χ3v) is 5.38. The van der Waals surface area contributed by atoms with E-state index < -0.39 is 0 Å². The van der Waals surface area contributed by atoms with E-state index >= 15 is 0 Å². The molecule has 1 aromatic rings. The lowest BCUT2D eigenvalue weighted by molar-refractivity contribution is -0.142. The van der Waals surface area contributed by atoms with Crippen LogP contribution < -0.4 is 5.32 Å². The van der Waals surface area contributed by atoms with Crippen LogP contribution in [0.15, 0.2) is 12.1 Å². The third kappa shape index (κ3) is 9.99. The molecule has 0 saturated carbocycles. The number of hydrogen-bond acceptors (Lipinski definition) is 5. The average Bonchev–Trinajstić information content (AvgIpc) is 2.70. The summed E-state index contributed by atoms with van der Waals surface area (Å²) >= 11 is 0. The molecule has 1 unspecified atom stereocenters. The molecule has 0 saturated heterocycles. The maximum atomic E-state index is 12.0. The van der Waals surface area contributed by atoms with Crippen LogP contribution in [0.4, 0.5) is 5.69 Å². The molecular weight excluding hydrogens is 394 g/mol. The molecule has 0 heterocycles. The van der Waals surface area contributed by atoms with Gasteiger partial charge in [0.05, 0.1) is 12.3 Å². The zero-order valence-electron chi connectivity index (χ0n) is 19.8. The maximum Gasteiger partial charge on any atom is 0.302 e. The van der Waals surface area contributed by atoms with Crippen molar-refractivity contribution in [3.8, 4) is 0 Å². The monoisotopic (exact) mass is 433 g/mol. The van der Waals surface area contributed by atoms with Gasteiger partial charge in [0.1, 0.15) is 6.61 Å². The standard InChI is InChI=1S/C25H39NO5/c1-6-8-9-10-11-12-13-22-14-15-23(21(7-2)16-30-19(4)28)24(17-31-20(5)29)25(22)26-18(3)27/h14-15,21H,6-13,16-17H2,1-5H3,(H,26,27). The van der Waals surface area contributed by atoms with E-state index in [1.807, 2.05) is 19.1 Å². The molecule has 1 atom stereocenters. The second-order valence-corrected chi connectivity index (χ2v) is 8.05. The van der Waals surface area contributed by atoms with Crippen molar-refractivity contribution in [2.75, 3.05) is 11.9 Å². The Morgan fingerprint density at radius 1 is 0.903 bits per heavy atom. The van der Waals surface area contributed by atoms with Gasteiger partial charge >= 0.3 is 11.9 Å². The van der Waals surface area contributed by atoms with Crippen molar-refractivity contribution < 1.29 is 23.9 Å². The van der Waals surface area contributed by atoms with E-state index in [0.29, 0.717) is 0 Å².